The lowest BCUT2D eigenvalue weighted by molar-refractivity contribution is 0.0935. The van der Waals surface area contributed by atoms with Crippen molar-refractivity contribution < 1.29 is 14.6 Å². The van der Waals surface area contributed by atoms with Gasteiger partial charge in [-0.1, -0.05) is 0 Å². The van der Waals surface area contributed by atoms with Gasteiger partial charge in [-0.3, -0.25) is 4.79 Å². The van der Waals surface area contributed by atoms with E-state index in [9.17, 15) is 9.90 Å². The van der Waals surface area contributed by atoms with E-state index < -0.39 is 0 Å². The second kappa shape index (κ2) is 5.44. The molecular formula is C16H21NO3. The molecule has 0 spiro atoms. The number of hydrogen-bond donors (Lipinski definition) is 2. The topological polar surface area (TPSA) is 58.6 Å². The molecule has 1 aromatic rings. The molecule has 0 bridgehead atoms. The Morgan fingerprint density at radius 3 is 2.55 bits per heavy atom. The van der Waals surface area contributed by atoms with Gasteiger partial charge in [0.2, 0.25) is 0 Å². The number of carbonyl (C=O) groups is 1. The number of benzene rings is 1. The number of ether oxygens (including phenoxy) is 1. The molecule has 2 aliphatic rings. The van der Waals surface area contributed by atoms with E-state index in [2.05, 4.69) is 5.32 Å². The van der Waals surface area contributed by atoms with Crippen molar-refractivity contribution in [3.8, 4) is 5.75 Å². The Bertz CT molecular complexity index is 475. The van der Waals surface area contributed by atoms with Gasteiger partial charge in [0.25, 0.3) is 5.91 Å². The third-order valence-electron chi connectivity index (χ3n) is 4.22. The van der Waals surface area contributed by atoms with Gasteiger partial charge in [-0.25, -0.2) is 0 Å². The Hall–Kier alpha value is -1.55. The fourth-order valence-electron chi connectivity index (χ4n) is 2.14. The zero-order valence-corrected chi connectivity index (χ0v) is 11.6. The number of rotatable bonds is 7. The van der Waals surface area contributed by atoms with Gasteiger partial charge in [-0.05, 0) is 55.9 Å². The van der Waals surface area contributed by atoms with Crippen LogP contribution < -0.4 is 10.1 Å². The first-order chi connectivity index (χ1) is 9.71. The molecule has 1 aromatic carbocycles. The van der Waals surface area contributed by atoms with Crippen LogP contribution in [0.25, 0.3) is 0 Å². The molecule has 0 aliphatic heterocycles. The molecule has 2 N–H and O–H groups in total. The quantitative estimate of drug-likeness (QED) is 0.800. The first-order valence-electron chi connectivity index (χ1n) is 7.33. The summed E-state index contributed by atoms with van der Waals surface area (Å²) in [6, 6.07) is 7.26. The Balaban J connectivity index is 1.49. The van der Waals surface area contributed by atoms with Gasteiger partial charge in [0, 0.05) is 17.5 Å². The van der Waals surface area contributed by atoms with E-state index in [1.807, 2.05) is 12.1 Å². The highest BCUT2D eigenvalue weighted by Crippen LogP contribution is 2.44. The van der Waals surface area contributed by atoms with Crippen molar-refractivity contribution in [2.45, 2.75) is 25.7 Å². The fourth-order valence-corrected chi connectivity index (χ4v) is 2.14. The zero-order chi connectivity index (χ0) is 14.0. The van der Waals surface area contributed by atoms with Gasteiger partial charge in [-0.2, -0.15) is 0 Å². The third-order valence-corrected chi connectivity index (χ3v) is 4.22. The summed E-state index contributed by atoms with van der Waals surface area (Å²) in [5.74, 6) is 1.46. The van der Waals surface area contributed by atoms with Crippen molar-refractivity contribution in [1.82, 2.24) is 5.32 Å². The average Bonchev–Trinajstić information content (AvgIpc) is 3.39. The van der Waals surface area contributed by atoms with E-state index in [-0.39, 0.29) is 17.9 Å². The van der Waals surface area contributed by atoms with Crippen LogP contribution in [0.5, 0.6) is 5.75 Å². The second-order valence-corrected chi connectivity index (χ2v) is 6.12. The highest BCUT2D eigenvalue weighted by molar-refractivity contribution is 5.94. The van der Waals surface area contributed by atoms with Crippen molar-refractivity contribution in [3.63, 3.8) is 0 Å². The summed E-state index contributed by atoms with van der Waals surface area (Å²) >= 11 is 0. The molecule has 1 amide bonds. The minimum absolute atomic E-state index is 0.0526. The monoisotopic (exact) mass is 275 g/mol. The van der Waals surface area contributed by atoms with Gasteiger partial charge >= 0.3 is 0 Å². The second-order valence-electron chi connectivity index (χ2n) is 6.12. The first-order valence-corrected chi connectivity index (χ1v) is 7.33. The Kier molecular flexibility index (Phi) is 3.66. The molecule has 2 saturated carbocycles. The minimum atomic E-state index is -0.0848. The minimum Gasteiger partial charge on any atom is -0.493 e. The van der Waals surface area contributed by atoms with Crippen LogP contribution in [0, 0.1) is 11.3 Å². The van der Waals surface area contributed by atoms with Crippen molar-refractivity contribution in [3.05, 3.63) is 29.8 Å². The van der Waals surface area contributed by atoms with Crippen molar-refractivity contribution in [1.29, 1.82) is 0 Å². The summed E-state index contributed by atoms with van der Waals surface area (Å²) in [4.78, 5) is 12.0. The number of aliphatic hydroxyl groups is 1. The summed E-state index contributed by atoms with van der Waals surface area (Å²) in [6.45, 7) is 1.49. The molecule has 108 valence electrons. The van der Waals surface area contributed by atoms with Gasteiger partial charge in [0.15, 0.2) is 0 Å². The lowest BCUT2D eigenvalue weighted by Gasteiger charge is -2.13. The standard InChI is InChI=1S/C16H21NO3/c18-11-16(7-8-16)10-17-15(19)13-3-5-14(6-4-13)20-9-12-1-2-12/h3-6,12,18H,1-2,7-11H2,(H,17,19). The smallest absolute Gasteiger partial charge is 0.251 e. The van der Waals surface area contributed by atoms with Gasteiger partial charge in [0.1, 0.15) is 5.75 Å². The molecule has 0 radical (unpaired) electrons. The summed E-state index contributed by atoms with van der Waals surface area (Å²) < 4.78 is 5.64. The SMILES string of the molecule is O=C(NCC1(CO)CC1)c1ccc(OCC2CC2)cc1. The summed E-state index contributed by atoms with van der Waals surface area (Å²) in [5, 5.41) is 12.1. The van der Waals surface area contributed by atoms with E-state index in [1.165, 1.54) is 12.8 Å². The summed E-state index contributed by atoms with van der Waals surface area (Å²) in [7, 11) is 0. The average molecular weight is 275 g/mol. The number of carbonyl (C=O) groups excluding carboxylic acids is 1. The van der Waals surface area contributed by atoms with E-state index >= 15 is 0 Å². The van der Waals surface area contributed by atoms with E-state index in [4.69, 9.17) is 4.74 Å². The molecule has 0 unspecified atom stereocenters. The lowest BCUT2D eigenvalue weighted by Crippen LogP contribution is -2.31. The van der Waals surface area contributed by atoms with Crippen LogP contribution in [0.4, 0.5) is 0 Å². The molecule has 0 atom stereocenters. The Morgan fingerprint density at radius 1 is 1.30 bits per heavy atom. The molecule has 0 saturated heterocycles. The Morgan fingerprint density at radius 2 is 2.00 bits per heavy atom. The first kappa shape index (κ1) is 13.4. The molecule has 20 heavy (non-hydrogen) atoms. The molecule has 3 rings (SSSR count). The van der Waals surface area contributed by atoms with Crippen molar-refractivity contribution >= 4 is 5.91 Å². The summed E-state index contributed by atoms with van der Waals surface area (Å²) in [5.41, 5.74) is 0.584. The van der Waals surface area contributed by atoms with Crippen LogP contribution in [0.3, 0.4) is 0 Å². The van der Waals surface area contributed by atoms with Crippen LogP contribution in [0.2, 0.25) is 0 Å². The van der Waals surface area contributed by atoms with Gasteiger partial charge in [-0.15, -0.1) is 0 Å². The van der Waals surface area contributed by atoms with E-state index in [1.54, 1.807) is 12.1 Å². The molecule has 2 fully saturated rings. The number of aliphatic hydroxyl groups excluding tert-OH is 1. The molecular weight excluding hydrogens is 254 g/mol. The number of nitrogens with one attached hydrogen (secondary N) is 1. The Labute approximate surface area is 119 Å². The van der Waals surface area contributed by atoms with Gasteiger partial charge in [0.05, 0.1) is 13.2 Å². The number of hydrogen-bond acceptors (Lipinski definition) is 3. The molecule has 2 aliphatic carbocycles. The highest BCUT2D eigenvalue weighted by Gasteiger charge is 2.42. The fraction of sp³-hybridized carbons (Fsp3) is 0.562. The normalized spacial score (nSPS) is 19.4. The van der Waals surface area contributed by atoms with Crippen LogP contribution in [0.1, 0.15) is 36.0 Å². The largest absolute Gasteiger partial charge is 0.493 e. The summed E-state index contributed by atoms with van der Waals surface area (Å²) in [6.07, 6.45) is 4.54. The predicted molar refractivity (Wildman–Crippen MR) is 75.7 cm³/mol. The van der Waals surface area contributed by atoms with Crippen molar-refractivity contribution in [2.24, 2.45) is 11.3 Å². The van der Waals surface area contributed by atoms with Crippen molar-refractivity contribution in [2.75, 3.05) is 19.8 Å². The third kappa shape index (κ3) is 3.31. The molecule has 4 nitrogen and oxygen atoms in total. The van der Waals surface area contributed by atoms with E-state index in [0.29, 0.717) is 12.1 Å². The molecule has 4 heteroatoms. The van der Waals surface area contributed by atoms with Gasteiger partial charge < -0.3 is 15.2 Å². The zero-order valence-electron chi connectivity index (χ0n) is 11.6. The van der Waals surface area contributed by atoms with E-state index in [0.717, 1.165) is 31.1 Å². The predicted octanol–water partition coefficient (Wildman–Crippen LogP) is 1.98. The van der Waals surface area contributed by atoms with Crippen LogP contribution in [0.15, 0.2) is 24.3 Å². The van der Waals surface area contributed by atoms with Crippen LogP contribution >= 0.6 is 0 Å². The number of amides is 1. The van der Waals surface area contributed by atoms with Crippen LogP contribution in [-0.2, 0) is 0 Å². The molecule has 0 aromatic heterocycles. The molecule has 0 heterocycles. The highest BCUT2D eigenvalue weighted by atomic mass is 16.5. The maximum atomic E-state index is 12.0. The maximum Gasteiger partial charge on any atom is 0.251 e. The lowest BCUT2D eigenvalue weighted by atomic mass is 10.1. The van der Waals surface area contributed by atoms with Crippen LogP contribution in [-0.4, -0.2) is 30.8 Å². The maximum absolute atomic E-state index is 12.0.